The summed E-state index contributed by atoms with van der Waals surface area (Å²) in [6.07, 6.45) is 1.20. The number of rotatable bonds is 12. The second kappa shape index (κ2) is 13.3. The summed E-state index contributed by atoms with van der Waals surface area (Å²) in [6, 6.07) is 20.2. The van der Waals surface area contributed by atoms with Crippen molar-refractivity contribution in [1.82, 2.24) is 10.2 Å². The molecule has 1 atom stereocenters. The van der Waals surface area contributed by atoms with Crippen molar-refractivity contribution in [3.63, 3.8) is 0 Å². The molecule has 0 spiro atoms. The number of methoxy groups -OCH3 is 2. The summed E-state index contributed by atoms with van der Waals surface area (Å²) in [5.41, 5.74) is 2.41. The van der Waals surface area contributed by atoms with E-state index in [2.05, 4.69) is 5.32 Å². The van der Waals surface area contributed by atoms with E-state index in [4.69, 9.17) is 9.47 Å². The Kier molecular flexibility index (Phi) is 9.86. The Labute approximate surface area is 212 Å². The third-order valence-electron chi connectivity index (χ3n) is 5.89. The van der Waals surface area contributed by atoms with Gasteiger partial charge in [0.15, 0.2) is 11.5 Å². The van der Waals surface area contributed by atoms with E-state index < -0.39 is 6.04 Å². The molecule has 0 radical (unpaired) electrons. The molecular weight excluding hydrogens is 459 g/mol. The minimum atomic E-state index is -0.739. The minimum absolute atomic E-state index is 0.0634. The van der Waals surface area contributed by atoms with E-state index in [1.807, 2.05) is 37.3 Å². The van der Waals surface area contributed by atoms with E-state index in [1.54, 1.807) is 42.3 Å². The van der Waals surface area contributed by atoms with Crippen LogP contribution in [0.25, 0.3) is 0 Å². The second-order valence-electron chi connectivity index (χ2n) is 8.51. The van der Waals surface area contributed by atoms with E-state index in [0.717, 1.165) is 23.1 Å². The molecule has 3 rings (SSSR count). The molecule has 0 aliphatic heterocycles. The molecule has 190 valence electrons. The van der Waals surface area contributed by atoms with Gasteiger partial charge in [0.05, 0.1) is 20.6 Å². The van der Waals surface area contributed by atoms with Crippen molar-refractivity contribution >= 4 is 11.8 Å². The number of amides is 2. The standard InChI is InChI=1S/C29H33FN2O4/c1-4-16-31-29(34)25(17-21-8-6-5-7-9-21)32(20-22-10-13-24(30)14-11-22)28(33)19-23-12-15-26(35-2)27(18-23)36-3/h5-15,18,25H,4,16-17,19-20H2,1-3H3,(H,31,34)/t25-/m1/s1. The number of ether oxygens (including phenoxy) is 2. The molecule has 0 saturated carbocycles. The molecular formula is C29H33FN2O4. The molecule has 0 aliphatic rings. The van der Waals surface area contributed by atoms with Gasteiger partial charge < -0.3 is 19.7 Å². The Morgan fingerprint density at radius 3 is 2.19 bits per heavy atom. The Bertz CT molecular complexity index is 1140. The van der Waals surface area contributed by atoms with Crippen LogP contribution in [-0.2, 0) is 29.0 Å². The van der Waals surface area contributed by atoms with Crippen LogP contribution >= 0.6 is 0 Å². The fraction of sp³-hybridized carbons (Fsp3) is 0.310. The topological polar surface area (TPSA) is 67.9 Å². The lowest BCUT2D eigenvalue weighted by molar-refractivity contribution is -0.140. The summed E-state index contributed by atoms with van der Waals surface area (Å²) >= 11 is 0. The second-order valence-corrected chi connectivity index (χ2v) is 8.51. The number of benzene rings is 3. The fourth-order valence-electron chi connectivity index (χ4n) is 3.97. The van der Waals surface area contributed by atoms with Crippen LogP contribution in [0.5, 0.6) is 11.5 Å². The van der Waals surface area contributed by atoms with Gasteiger partial charge in [-0.1, -0.05) is 55.5 Å². The maximum Gasteiger partial charge on any atom is 0.243 e. The maximum absolute atomic E-state index is 13.7. The molecule has 0 bridgehead atoms. The number of nitrogens with zero attached hydrogens (tertiary/aromatic N) is 1. The molecule has 2 amide bonds. The monoisotopic (exact) mass is 492 g/mol. The molecule has 0 aromatic heterocycles. The van der Waals surface area contributed by atoms with Crippen molar-refractivity contribution in [2.75, 3.05) is 20.8 Å². The Morgan fingerprint density at radius 1 is 0.889 bits per heavy atom. The molecule has 0 fully saturated rings. The zero-order valence-corrected chi connectivity index (χ0v) is 21.0. The normalized spacial score (nSPS) is 11.4. The predicted octanol–water partition coefficient (Wildman–Crippen LogP) is 4.55. The highest BCUT2D eigenvalue weighted by molar-refractivity contribution is 5.88. The third-order valence-corrected chi connectivity index (χ3v) is 5.89. The highest BCUT2D eigenvalue weighted by Gasteiger charge is 2.30. The van der Waals surface area contributed by atoms with E-state index in [0.29, 0.717) is 24.5 Å². The van der Waals surface area contributed by atoms with E-state index in [-0.39, 0.29) is 30.6 Å². The van der Waals surface area contributed by atoms with Crippen molar-refractivity contribution in [3.8, 4) is 11.5 Å². The summed E-state index contributed by atoms with van der Waals surface area (Å²) in [4.78, 5) is 28.7. The number of carbonyl (C=O) groups excluding carboxylic acids is 2. The van der Waals surface area contributed by atoms with Crippen LogP contribution in [-0.4, -0.2) is 43.5 Å². The van der Waals surface area contributed by atoms with E-state index in [9.17, 15) is 14.0 Å². The Hall–Kier alpha value is -3.87. The molecule has 0 heterocycles. The predicted molar refractivity (Wildman–Crippen MR) is 137 cm³/mol. The van der Waals surface area contributed by atoms with Crippen molar-refractivity contribution < 1.29 is 23.5 Å². The zero-order chi connectivity index (χ0) is 25.9. The molecule has 7 heteroatoms. The molecule has 0 unspecified atom stereocenters. The van der Waals surface area contributed by atoms with Gasteiger partial charge in [-0.3, -0.25) is 9.59 Å². The lowest BCUT2D eigenvalue weighted by atomic mass is 10.0. The minimum Gasteiger partial charge on any atom is -0.493 e. The van der Waals surface area contributed by atoms with Crippen molar-refractivity contribution in [2.24, 2.45) is 0 Å². The number of hydrogen-bond donors (Lipinski definition) is 1. The van der Waals surface area contributed by atoms with Gasteiger partial charge in [0.25, 0.3) is 0 Å². The van der Waals surface area contributed by atoms with Gasteiger partial charge in [-0.2, -0.15) is 0 Å². The average molecular weight is 493 g/mol. The van der Waals surface area contributed by atoms with Crippen molar-refractivity contribution in [2.45, 2.75) is 38.8 Å². The maximum atomic E-state index is 13.7. The Morgan fingerprint density at radius 2 is 1.56 bits per heavy atom. The largest absolute Gasteiger partial charge is 0.493 e. The van der Waals surface area contributed by atoms with E-state index in [1.165, 1.54) is 19.2 Å². The van der Waals surface area contributed by atoms with Crippen LogP contribution in [0.2, 0.25) is 0 Å². The van der Waals surface area contributed by atoms with Crippen LogP contribution < -0.4 is 14.8 Å². The first-order valence-corrected chi connectivity index (χ1v) is 12.0. The third kappa shape index (κ3) is 7.31. The van der Waals surface area contributed by atoms with E-state index >= 15 is 0 Å². The molecule has 0 saturated heterocycles. The zero-order valence-electron chi connectivity index (χ0n) is 21.0. The van der Waals surface area contributed by atoms with Gasteiger partial charge in [0.1, 0.15) is 11.9 Å². The molecule has 1 N–H and O–H groups in total. The van der Waals surface area contributed by atoms with Gasteiger partial charge in [-0.05, 0) is 47.4 Å². The molecule has 3 aromatic rings. The molecule has 0 aliphatic carbocycles. The summed E-state index contributed by atoms with van der Waals surface area (Å²) < 4.78 is 24.2. The summed E-state index contributed by atoms with van der Waals surface area (Å²) in [5.74, 6) is 0.290. The number of halogens is 1. The smallest absolute Gasteiger partial charge is 0.243 e. The molecule has 3 aromatic carbocycles. The fourth-order valence-corrected chi connectivity index (χ4v) is 3.97. The molecule has 6 nitrogen and oxygen atoms in total. The van der Waals surface area contributed by atoms with Gasteiger partial charge in [-0.25, -0.2) is 4.39 Å². The number of nitrogens with one attached hydrogen (secondary N) is 1. The van der Waals surface area contributed by atoms with Crippen molar-refractivity contribution in [1.29, 1.82) is 0 Å². The van der Waals surface area contributed by atoms with Gasteiger partial charge in [-0.15, -0.1) is 0 Å². The lowest BCUT2D eigenvalue weighted by Gasteiger charge is -2.31. The highest BCUT2D eigenvalue weighted by atomic mass is 19.1. The summed E-state index contributed by atoms with van der Waals surface area (Å²) in [5, 5.41) is 2.95. The molecule has 36 heavy (non-hydrogen) atoms. The number of carbonyl (C=O) groups is 2. The number of hydrogen-bond acceptors (Lipinski definition) is 4. The lowest BCUT2D eigenvalue weighted by Crippen LogP contribution is -2.51. The summed E-state index contributed by atoms with van der Waals surface area (Å²) in [7, 11) is 3.09. The van der Waals surface area contributed by atoms with Crippen LogP contribution in [0.15, 0.2) is 72.8 Å². The summed E-state index contributed by atoms with van der Waals surface area (Å²) in [6.45, 7) is 2.66. The van der Waals surface area contributed by atoms with Gasteiger partial charge >= 0.3 is 0 Å². The van der Waals surface area contributed by atoms with Gasteiger partial charge in [0.2, 0.25) is 11.8 Å². The first-order valence-electron chi connectivity index (χ1n) is 12.0. The van der Waals surface area contributed by atoms with Crippen LogP contribution in [0.4, 0.5) is 4.39 Å². The highest BCUT2D eigenvalue weighted by Crippen LogP contribution is 2.28. The average Bonchev–Trinajstić information content (AvgIpc) is 2.90. The van der Waals surface area contributed by atoms with Crippen LogP contribution in [0.3, 0.4) is 0 Å². The first-order chi connectivity index (χ1) is 17.4. The van der Waals surface area contributed by atoms with Gasteiger partial charge in [0, 0.05) is 19.5 Å². The van der Waals surface area contributed by atoms with Crippen LogP contribution in [0.1, 0.15) is 30.0 Å². The van der Waals surface area contributed by atoms with Crippen LogP contribution in [0, 0.1) is 5.82 Å². The van der Waals surface area contributed by atoms with Crippen molar-refractivity contribution in [3.05, 3.63) is 95.3 Å². The SMILES string of the molecule is CCCNC(=O)[C@@H](Cc1ccccc1)N(Cc1ccc(F)cc1)C(=O)Cc1ccc(OC)c(OC)c1. The first kappa shape index (κ1) is 26.7. The Balaban J connectivity index is 1.96. The quantitative estimate of drug-likeness (QED) is 0.403.